The molecule has 2 nitrogen and oxygen atoms in total. The van der Waals surface area contributed by atoms with Gasteiger partial charge >= 0.3 is 0 Å². The Bertz CT molecular complexity index is 351. The summed E-state index contributed by atoms with van der Waals surface area (Å²) in [6.07, 6.45) is 0.977. The van der Waals surface area contributed by atoms with Crippen molar-refractivity contribution in [2.45, 2.75) is 12.3 Å². The Balaban J connectivity index is 2.01. The Morgan fingerprint density at radius 3 is 3.06 bits per heavy atom. The minimum absolute atomic E-state index is 0.258. The molecule has 1 aliphatic heterocycles. The van der Waals surface area contributed by atoms with Gasteiger partial charge in [-0.2, -0.15) is 0 Å². The summed E-state index contributed by atoms with van der Waals surface area (Å²) in [5.41, 5.74) is 0.695. The van der Waals surface area contributed by atoms with Crippen LogP contribution in [0.2, 0.25) is 0 Å². The van der Waals surface area contributed by atoms with Crippen molar-refractivity contribution in [2.75, 3.05) is 19.8 Å². The van der Waals surface area contributed by atoms with Crippen molar-refractivity contribution < 1.29 is 13.9 Å². The van der Waals surface area contributed by atoms with Crippen LogP contribution in [0, 0.1) is 11.7 Å². The molecule has 1 saturated heterocycles. The van der Waals surface area contributed by atoms with E-state index >= 15 is 0 Å². The van der Waals surface area contributed by atoms with Crippen molar-refractivity contribution in [1.82, 2.24) is 0 Å². The minimum atomic E-state index is -0.350. The second-order valence-corrected chi connectivity index (χ2v) is 4.17. The average molecular weight is 245 g/mol. The largest absolute Gasteiger partial charge is 0.490 e. The molecule has 0 aromatic heterocycles. The van der Waals surface area contributed by atoms with E-state index in [1.54, 1.807) is 12.1 Å². The molecule has 0 aliphatic carbocycles. The summed E-state index contributed by atoms with van der Waals surface area (Å²) >= 11 is 5.73. The van der Waals surface area contributed by atoms with Crippen molar-refractivity contribution >= 4 is 11.6 Å². The summed E-state index contributed by atoms with van der Waals surface area (Å²) in [6.45, 7) is 1.96. The van der Waals surface area contributed by atoms with Crippen LogP contribution in [-0.4, -0.2) is 19.8 Å². The van der Waals surface area contributed by atoms with Crippen molar-refractivity contribution in [2.24, 2.45) is 5.92 Å². The molecule has 0 spiro atoms. The number of hydrogen-bond acceptors (Lipinski definition) is 2. The maximum Gasteiger partial charge on any atom is 0.165 e. The molecule has 4 heteroatoms. The topological polar surface area (TPSA) is 18.5 Å². The van der Waals surface area contributed by atoms with E-state index in [1.165, 1.54) is 6.07 Å². The molecule has 1 aromatic rings. The minimum Gasteiger partial charge on any atom is -0.490 e. The van der Waals surface area contributed by atoms with Crippen LogP contribution >= 0.6 is 11.6 Å². The van der Waals surface area contributed by atoms with Crippen molar-refractivity contribution in [3.05, 3.63) is 29.6 Å². The number of benzene rings is 1. The van der Waals surface area contributed by atoms with E-state index in [0.717, 1.165) is 13.0 Å². The van der Waals surface area contributed by atoms with Crippen molar-refractivity contribution in [3.8, 4) is 5.75 Å². The van der Waals surface area contributed by atoms with Gasteiger partial charge in [-0.15, -0.1) is 11.6 Å². The standard InChI is InChI=1S/C12H14ClFO2/c13-6-10-2-1-3-11(14)12(10)16-8-9-4-5-15-7-9/h1-3,9H,4-8H2. The Morgan fingerprint density at radius 2 is 2.38 bits per heavy atom. The summed E-state index contributed by atoms with van der Waals surface area (Å²) in [5.74, 6) is 0.554. The van der Waals surface area contributed by atoms with Gasteiger partial charge in [-0.25, -0.2) is 4.39 Å². The predicted molar refractivity (Wildman–Crippen MR) is 60.4 cm³/mol. The van der Waals surface area contributed by atoms with E-state index in [9.17, 15) is 4.39 Å². The molecular formula is C12H14ClFO2. The molecule has 1 aromatic carbocycles. The van der Waals surface area contributed by atoms with Gasteiger partial charge in [-0.3, -0.25) is 0 Å². The highest BCUT2D eigenvalue weighted by Crippen LogP contribution is 2.25. The first-order valence-corrected chi connectivity index (χ1v) is 5.88. The van der Waals surface area contributed by atoms with E-state index in [1.807, 2.05) is 0 Å². The van der Waals surface area contributed by atoms with Crippen LogP contribution in [0.5, 0.6) is 5.75 Å². The van der Waals surface area contributed by atoms with E-state index in [0.29, 0.717) is 24.7 Å². The highest BCUT2D eigenvalue weighted by molar-refractivity contribution is 6.17. The second-order valence-electron chi connectivity index (χ2n) is 3.90. The molecule has 1 heterocycles. The lowest BCUT2D eigenvalue weighted by molar-refractivity contribution is 0.165. The highest BCUT2D eigenvalue weighted by Gasteiger charge is 2.18. The third kappa shape index (κ3) is 2.66. The number of alkyl halides is 1. The lowest BCUT2D eigenvalue weighted by atomic mass is 10.1. The second kappa shape index (κ2) is 5.51. The quantitative estimate of drug-likeness (QED) is 0.758. The first-order chi connectivity index (χ1) is 7.81. The molecule has 16 heavy (non-hydrogen) atoms. The summed E-state index contributed by atoms with van der Waals surface area (Å²) in [4.78, 5) is 0. The van der Waals surface area contributed by atoms with Gasteiger partial charge in [0.25, 0.3) is 0 Å². The van der Waals surface area contributed by atoms with Gasteiger partial charge < -0.3 is 9.47 Å². The van der Waals surface area contributed by atoms with Gasteiger partial charge in [-0.1, -0.05) is 12.1 Å². The van der Waals surface area contributed by atoms with E-state index < -0.39 is 0 Å². The van der Waals surface area contributed by atoms with Gasteiger partial charge in [-0.05, 0) is 12.5 Å². The highest BCUT2D eigenvalue weighted by atomic mass is 35.5. The maximum absolute atomic E-state index is 13.5. The number of ether oxygens (including phenoxy) is 2. The third-order valence-corrected chi connectivity index (χ3v) is 2.97. The molecule has 1 aliphatic rings. The number of para-hydroxylation sites is 1. The van der Waals surface area contributed by atoms with Crippen molar-refractivity contribution in [3.63, 3.8) is 0 Å². The molecule has 88 valence electrons. The molecular weight excluding hydrogens is 231 g/mol. The number of rotatable bonds is 4. The smallest absolute Gasteiger partial charge is 0.165 e. The summed E-state index contributed by atoms with van der Waals surface area (Å²) in [7, 11) is 0. The molecule has 0 N–H and O–H groups in total. The lowest BCUT2D eigenvalue weighted by Gasteiger charge is -2.13. The van der Waals surface area contributed by atoms with Crippen LogP contribution in [0.3, 0.4) is 0 Å². The van der Waals surface area contributed by atoms with Gasteiger partial charge in [0.05, 0.1) is 19.1 Å². The van der Waals surface area contributed by atoms with E-state index in [2.05, 4.69) is 0 Å². The Hall–Kier alpha value is -0.800. The van der Waals surface area contributed by atoms with E-state index in [4.69, 9.17) is 21.1 Å². The number of hydrogen-bond donors (Lipinski definition) is 0. The van der Waals surface area contributed by atoms with Crippen LogP contribution in [0.1, 0.15) is 12.0 Å². The van der Waals surface area contributed by atoms with E-state index in [-0.39, 0.29) is 17.4 Å². The molecule has 2 rings (SSSR count). The zero-order valence-corrected chi connectivity index (χ0v) is 9.67. The molecule has 0 radical (unpaired) electrons. The fourth-order valence-corrected chi connectivity index (χ4v) is 1.95. The molecule has 1 unspecified atom stereocenters. The Labute approximate surface area is 99.3 Å². The first-order valence-electron chi connectivity index (χ1n) is 5.35. The van der Waals surface area contributed by atoms with Crippen molar-refractivity contribution in [1.29, 1.82) is 0 Å². The molecule has 0 amide bonds. The molecule has 0 bridgehead atoms. The van der Waals surface area contributed by atoms with Gasteiger partial charge in [0.2, 0.25) is 0 Å². The monoisotopic (exact) mass is 244 g/mol. The molecule has 0 saturated carbocycles. The lowest BCUT2D eigenvalue weighted by Crippen LogP contribution is -2.13. The van der Waals surface area contributed by atoms with Crippen LogP contribution in [-0.2, 0) is 10.6 Å². The summed E-state index contributed by atoms with van der Waals surface area (Å²) in [5, 5.41) is 0. The van der Waals surface area contributed by atoms with Crippen LogP contribution in [0.15, 0.2) is 18.2 Å². The van der Waals surface area contributed by atoms with Crippen LogP contribution in [0.25, 0.3) is 0 Å². The SMILES string of the molecule is Fc1cccc(CCl)c1OCC1CCOC1. The first kappa shape index (κ1) is 11.7. The third-order valence-electron chi connectivity index (χ3n) is 2.68. The van der Waals surface area contributed by atoms with Gasteiger partial charge in [0.15, 0.2) is 11.6 Å². The molecule has 1 atom stereocenters. The summed E-state index contributed by atoms with van der Waals surface area (Å²) in [6, 6.07) is 4.80. The Kier molecular flexibility index (Phi) is 4.02. The predicted octanol–water partition coefficient (Wildman–Crippen LogP) is 2.98. The van der Waals surface area contributed by atoms with Gasteiger partial charge in [0, 0.05) is 18.1 Å². The zero-order valence-electron chi connectivity index (χ0n) is 8.92. The normalized spacial score (nSPS) is 20.0. The number of halogens is 2. The zero-order chi connectivity index (χ0) is 11.4. The average Bonchev–Trinajstić information content (AvgIpc) is 2.80. The fourth-order valence-electron chi connectivity index (χ4n) is 1.74. The van der Waals surface area contributed by atoms with Crippen LogP contribution in [0.4, 0.5) is 4.39 Å². The fraction of sp³-hybridized carbons (Fsp3) is 0.500. The molecule has 1 fully saturated rings. The van der Waals surface area contributed by atoms with Gasteiger partial charge in [0.1, 0.15) is 0 Å². The van der Waals surface area contributed by atoms with Crippen LogP contribution < -0.4 is 4.74 Å². The maximum atomic E-state index is 13.5. The summed E-state index contributed by atoms with van der Waals surface area (Å²) < 4.78 is 24.2. The Morgan fingerprint density at radius 1 is 1.50 bits per heavy atom.